The number of carbonyl (C=O) groups is 14. The molecule has 0 bridgehead atoms. The molecule has 30 heteroatoms. The van der Waals surface area contributed by atoms with E-state index in [4.69, 9.17) is 10.8 Å². The van der Waals surface area contributed by atoms with E-state index >= 15 is 0 Å². The Labute approximate surface area is 418 Å². The molecule has 9 amide bonds. The van der Waals surface area contributed by atoms with Gasteiger partial charge in [0.1, 0.15) is 54.4 Å². The fourth-order valence-electron chi connectivity index (χ4n) is 6.35. The maximum atomic E-state index is 13.9. The number of nitrogens with one attached hydrogen (secondary N) is 9. The zero-order valence-electron chi connectivity index (χ0n) is 41.8. The maximum absolute atomic E-state index is 13.9. The highest BCUT2D eigenvalue weighted by Gasteiger charge is 2.38. The molecule has 0 rings (SSSR count). The van der Waals surface area contributed by atoms with Gasteiger partial charge in [0.25, 0.3) is 0 Å². The number of hydrogen-bond donors (Lipinski definition) is 16. The second-order valence-electron chi connectivity index (χ2n) is 17.9. The number of aliphatic hydroxyl groups is 1. The third kappa shape index (κ3) is 23.5. The van der Waals surface area contributed by atoms with E-state index in [0.717, 1.165) is 13.8 Å². The number of aliphatic carboxylic acids is 5. The largest absolute Gasteiger partial charge is 0.481 e. The third-order valence-corrected chi connectivity index (χ3v) is 10.8. The van der Waals surface area contributed by atoms with E-state index in [1.807, 2.05) is 5.32 Å². The van der Waals surface area contributed by atoms with Gasteiger partial charge < -0.3 is 84.2 Å². The minimum atomic E-state index is -2.03. The fraction of sp³-hybridized carbons (Fsp3) is 0.674. The van der Waals surface area contributed by atoms with Gasteiger partial charge in [0.2, 0.25) is 53.2 Å². The second-order valence-corrected chi connectivity index (χ2v) is 17.9. The molecule has 0 unspecified atom stereocenters. The summed E-state index contributed by atoms with van der Waals surface area (Å²) in [6.07, 6.45) is -6.23. The number of carboxylic acids is 5. The van der Waals surface area contributed by atoms with E-state index in [-0.39, 0.29) is 6.42 Å². The Morgan fingerprint density at radius 3 is 1.15 bits per heavy atom. The van der Waals surface area contributed by atoms with Crippen LogP contribution in [0, 0.1) is 17.8 Å². The summed E-state index contributed by atoms with van der Waals surface area (Å²) in [6.45, 7) is 12.7. The van der Waals surface area contributed by atoms with Crippen molar-refractivity contribution in [3.8, 4) is 0 Å². The quantitative estimate of drug-likeness (QED) is 0.0292. The van der Waals surface area contributed by atoms with Crippen LogP contribution in [0.15, 0.2) is 0 Å². The SMILES string of the molecule is CC[C@H](C)[C@H](NC(=O)[C@@H](NC(=O)[C@@H](NC(=O)[C@H](C)N)C(C)C)[C@@H](C)O)C(=O)N[C@@H](CCC(=O)O)C(=O)N[C@@H](CC(=O)O)C(=O)N[C@@H](C)C(=O)N[C@H](C(=O)N[C@@H](CC(=O)O)C(=O)N[C@@H](CC(=O)O)C(=O)O)C(C)C. The first-order chi connectivity index (χ1) is 33.6. The first-order valence-corrected chi connectivity index (χ1v) is 22.9. The molecule has 0 heterocycles. The lowest BCUT2D eigenvalue weighted by Crippen LogP contribution is -2.63. The molecule has 412 valence electrons. The molecule has 0 aliphatic heterocycles. The molecule has 0 radical (unpaired) electrons. The van der Waals surface area contributed by atoms with E-state index in [9.17, 15) is 92.7 Å². The molecule has 0 aromatic rings. The predicted molar refractivity (Wildman–Crippen MR) is 249 cm³/mol. The fourth-order valence-corrected chi connectivity index (χ4v) is 6.35. The van der Waals surface area contributed by atoms with E-state index in [2.05, 4.69) is 42.5 Å². The average molecular weight is 1050 g/mol. The van der Waals surface area contributed by atoms with Crippen molar-refractivity contribution in [2.24, 2.45) is 23.5 Å². The van der Waals surface area contributed by atoms with Crippen molar-refractivity contribution >= 4 is 83.0 Å². The summed E-state index contributed by atoms with van der Waals surface area (Å²) in [5.74, 6) is -20.5. The van der Waals surface area contributed by atoms with Gasteiger partial charge >= 0.3 is 29.8 Å². The van der Waals surface area contributed by atoms with Crippen molar-refractivity contribution in [3.63, 3.8) is 0 Å². The maximum Gasteiger partial charge on any atom is 0.326 e. The van der Waals surface area contributed by atoms with Crippen molar-refractivity contribution in [2.75, 3.05) is 0 Å². The highest BCUT2D eigenvalue weighted by Crippen LogP contribution is 2.13. The van der Waals surface area contributed by atoms with Crippen molar-refractivity contribution in [2.45, 2.75) is 167 Å². The summed E-state index contributed by atoms with van der Waals surface area (Å²) in [6, 6.07) is -16.6. The van der Waals surface area contributed by atoms with E-state index in [0.29, 0.717) is 0 Å². The van der Waals surface area contributed by atoms with Gasteiger partial charge in [-0.05, 0) is 44.9 Å². The Kier molecular flexibility index (Phi) is 27.9. The molecule has 0 aromatic carbocycles. The lowest BCUT2D eigenvalue weighted by Gasteiger charge is -2.30. The molecule has 30 nitrogen and oxygen atoms in total. The van der Waals surface area contributed by atoms with E-state index < -0.39 is 199 Å². The minimum Gasteiger partial charge on any atom is -0.481 e. The molecule has 12 atom stereocenters. The van der Waals surface area contributed by atoms with Gasteiger partial charge in [-0.1, -0.05) is 48.0 Å². The van der Waals surface area contributed by atoms with Crippen LogP contribution >= 0.6 is 0 Å². The molecule has 0 spiro atoms. The summed E-state index contributed by atoms with van der Waals surface area (Å²) in [7, 11) is 0. The highest BCUT2D eigenvalue weighted by molar-refractivity contribution is 6.00. The topological polar surface area (TPSA) is 495 Å². The van der Waals surface area contributed by atoms with Gasteiger partial charge in [-0.25, -0.2) is 4.79 Å². The lowest BCUT2D eigenvalue weighted by molar-refractivity contribution is -0.148. The molecule has 0 aromatic heterocycles. The van der Waals surface area contributed by atoms with Crippen molar-refractivity contribution in [1.82, 2.24) is 47.9 Å². The van der Waals surface area contributed by atoms with Gasteiger partial charge in [-0.3, -0.25) is 62.3 Å². The summed E-state index contributed by atoms with van der Waals surface area (Å²) < 4.78 is 0. The van der Waals surface area contributed by atoms with E-state index in [1.54, 1.807) is 20.8 Å². The van der Waals surface area contributed by atoms with Crippen molar-refractivity contribution < 1.29 is 97.8 Å². The predicted octanol–water partition coefficient (Wildman–Crippen LogP) is -5.17. The first-order valence-electron chi connectivity index (χ1n) is 22.9. The van der Waals surface area contributed by atoms with Crippen LogP contribution in [0.25, 0.3) is 0 Å². The van der Waals surface area contributed by atoms with Gasteiger partial charge in [0.15, 0.2) is 0 Å². The normalized spacial score (nSPS) is 16.0. The Balaban J connectivity index is 6.48. The van der Waals surface area contributed by atoms with E-state index in [1.165, 1.54) is 27.7 Å². The number of amides is 9. The van der Waals surface area contributed by atoms with Crippen LogP contribution in [0.1, 0.15) is 101 Å². The Morgan fingerprint density at radius 1 is 0.397 bits per heavy atom. The van der Waals surface area contributed by atoms with Crippen LogP contribution in [-0.2, 0) is 67.1 Å². The number of aliphatic hydroxyl groups excluding tert-OH is 1. The molecule has 0 saturated heterocycles. The zero-order valence-corrected chi connectivity index (χ0v) is 41.8. The molecule has 0 aliphatic rings. The molecule has 0 aliphatic carbocycles. The lowest BCUT2D eigenvalue weighted by atomic mass is 9.96. The zero-order chi connectivity index (χ0) is 56.8. The summed E-state index contributed by atoms with van der Waals surface area (Å²) in [5.41, 5.74) is 5.61. The molecule has 73 heavy (non-hydrogen) atoms. The highest BCUT2D eigenvalue weighted by atomic mass is 16.4. The average Bonchev–Trinajstić information content (AvgIpc) is 3.26. The van der Waals surface area contributed by atoms with Crippen LogP contribution < -0.4 is 53.6 Å². The smallest absolute Gasteiger partial charge is 0.326 e. The molecular weight excluding hydrogens is 977 g/mol. The van der Waals surface area contributed by atoms with Crippen LogP contribution in [0.4, 0.5) is 0 Å². The van der Waals surface area contributed by atoms with Crippen LogP contribution in [0.2, 0.25) is 0 Å². The number of rotatable bonds is 33. The van der Waals surface area contributed by atoms with Gasteiger partial charge in [-0.15, -0.1) is 0 Å². The van der Waals surface area contributed by atoms with Crippen molar-refractivity contribution in [1.29, 1.82) is 0 Å². The summed E-state index contributed by atoms with van der Waals surface area (Å²) in [5, 5.41) is 77.1. The molecule has 0 saturated carbocycles. The second kappa shape index (κ2) is 31.1. The van der Waals surface area contributed by atoms with Crippen LogP contribution in [-0.4, -0.2) is 180 Å². The first kappa shape index (κ1) is 65.5. The van der Waals surface area contributed by atoms with Crippen LogP contribution in [0.5, 0.6) is 0 Å². The monoisotopic (exact) mass is 1050 g/mol. The van der Waals surface area contributed by atoms with Gasteiger partial charge in [0.05, 0.1) is 31.4 Å². The number of nitrogens with two attached hydrogens (primary N) is 1. The number of hydrogen-bond acceptors (Lipinski definition) is 16. The van der Waals surface area contributed by atoms with Gasteiger partial charge in [0, 0.05) is 6.42 Å². The summed E-state index contributed by atoms with van der Waals surface area (Å²) in [4.78, 5) is 177. The molecule has 0 fully saturated rings. The van der Waals surface area contributed by atoms with Gasteiger partial charge in [-0.2, -0.15) is 0 Å². The van der Waals surface area contributed by atoms with Crippen LogP contribution in [0.3, 0.4) is 0 Å². The van der Waals surface area contributed by atoms with Crippen molar-refractivity contribution in [3.05, 3.63) is 0 Å². The minimum absolute atomic E-state index is 0.192. The number of carboxylic acid groups (broad SMARTS) is 5. The third-order valence-electron chi connectivity index (χ3n) is 10.8. The molecular formula is C43H70N10O20. The summed E-state index contributed by atoms with van der Waals surface area (Å²) >= 11 is 0. The number of carbonyl (C=O) groups excluding carboxylic acids is 9. The molecule has 17 N–H and O–H groups in total. The Hall–Kier alpha value is -7.50. The Morgan fingerprint density at radius 2 is 0.740 bits per heavy atom. The Bertz CT molecular complexity index is 2050. The standard InChI is InChI=1S/C43H70N10O20/c1-10-18(6)32(52-42(71)33(21(9)54)53-40(69)31(17(4)5)50-34(63)19(7)44)41(70)46-22(11-12-26(55)56)36(65)47-23(13-27(57)58)37(66)45-20(8)35(64)51-30(16(2)3)39(68)48-24(14-28(59)60)38(67)49-25(43(72)73)15-29(61)62/h16-25,30-33,54H,10-15,44H2,1-9H3,(H,45,66)(H,46,70)(H,47,65)(H,48,68)(H,49,67)(H,50,63)(H,51,64)(H,52,71)(H,53,69)(H,55,56)(H,57,58)(H,59,60)(H,61,62)(H,72,73)/t18-,19-,20-,21+,22-,23-,24-,25-,30-,31-,32-,33-/m0/s1.